The summed E-state index contributed by atoms with van der Waals surface area (Å²) < 4.78 is 5.55. The van der Waals surface area contributed by atoms with E-state index in [0.29, 0.717) is 16.9 Å². The number of nitrogens with zero attached hydrogens (tertiary/aromatic N) is 2. The molecule has 1 aromatic carbocycles. The van der Waals surface area contributed by atoms with Gasteiger partial charge in [-0.3, -0.25) is 0 Å². The van der Waals surface area contributed by atoms with Gasteiger partial charge in [-0.05, 0) is 12.1 Å². The first-order valence-electron chi connectivity index (χ1n) is 5.17. The van der Waals surface area contributed by atoms with Gasteiger partial charge in [-0.2, -0.15) is 0 Å². The average Bonchev–Trinajstić information content (AvgIpc) is 2.80. The third-order valence-electron chi connectivity index (χ3n) is 2.41. The maximum atomic E-state index is 5.93. The van der Waals surface area contributed by atoms with E-state index in [0.717, 1.165) is 5.69 Å². The lowest BCUT2D eigenvalue weighted by Gasteiger charge is -2.00. The molecule has 18 heavy (non-hydrogen) atoms. The van der Waals surface area contributed by atoms with Crippen molar-refractivity contribution in [1.29, 1.82) is 0 Å². The fourth-order valence-electron chi connectivity index (χ4n) is 1.61. The maximum Gasteiger partial charge on any atom is 0.198 e. The zero-order valence-electron chi connectivity index (χ0n) is 9.02. The molecule has 6 heteroatoms. The highest BCUT2D eigenvalue weighted by Gasteiger charge is 2.12. The van der Waals surface area contributed by atoms with Gasteiger partial charge in [0.25, 0.3) is 0 Å². The van der Waals surface area contributed by atoms with Crippen LogP contribution in [0.15, 0.2) is 40.8 Å². The molecule has 4 nitrogen and oxygen atoms in total. The third kappa shape index (κ3) is 2.00. The molecule has 2 heterocycles. The first-order chi connectivity index (χ1) is 8.74. The standard InChI is InChI=1S/C12H7Cl2N3O/c13-11-8-6-9(15-7-4-2-1-3-5-7)18-10(8)12(14)17-16-11/h1-6,15H. The zero-order chi connectivity index (χ0) is 12.5. The van der Waals surface area contributed by atoms with Crippen molar-refractivity contribution in [2.24, 2.45) is 0 Å². The fourth-order valence-corrected chi connectivity index (χ4v) is 1.97. The van der Waals surface area contributed by atoms with Gasteiger partial charge in [-0.25, -0.2) is 0 Å². The minimum absolute atomic E-state index is 0.190. The molecular formula is C12H7Cl2N3O. The minimum Gasteiger partial charge on any atom is -0.437 e. The van der Waals surface area contributed by atoms with E-state index in [1.54, 1.807) is 6.07 Å². The van der Waals surface area contributed by atoms with Crippen LogP contribution in [0.1, 0.15) is 0 Å². The highest BCUT2D eigenvalue weighted by atomic mass is 35.5. The van der Waals surface area contributed by atoms with E-state index >= 15 is 0 Å². The highest BCUT2D eigenvalue weighted by Crippen LogP contribution is 2.32. The van der Waals surface area contributed by atoms with Crippen LogP contribution in [-0.2, 0) is 0 Å². The van der Waals surface area contributed by atoms with Crippen molar-refractivity contribution < 1.29 is 4.42 Å². The number of benzene rings is 1. The van der Waals surface area contributed by atoms with Crippen molar-refractivity contribution in [3.8, 4) is 0 Å². The first-order valence-corrected chi connectivity index (χ1v) is 5.93. The van der Waals surface area contributed by atoms with Crippen LogP contribution in [0.4, 0.5) is 11.6 Å². The van der Waals surface area contributed by atoms with Gasteiger partial charge in [-0.1, -0.05) is 41.4 Å². The topological polar surface area (TPSA) is 51.0 Å². The van der Waals surface area contributed by atoms with E-state index in [2.05, 4.69) is 15.5 Å². The number of halogens is 2. The van der Waals surface area contributed by atoms with Gasteiger partial charge in [0.15, 0.2) is 21.8 Å². The van der Waals surface area contributed by atoms with Crippen LogP contribution in [0.3, 0.4) is 0 Å². The lowest BCUT2D eigenvalue weighted by atomic mass is 10.3. The van der Waals surface area contributed by atoms with Gasteiger partial charge < -0.3 is 9.73 Å². The number of aromatic nitrogens is 2. The molecule has 1 N–H and O–H groups in total. The van der Waals surface area contributed by atoms with Crippen LogP contribution in [0.5, 0.6) is 0 Å². The summed E-state index contributed by atoms with van der Waals surface area (Å²) in [5.74, 6) is 0.537. The second kappa shape index (κ2) is 4.48. The second-order valence-corrected chi connectivity index (χ2v) is 4.34. The monoisotopic (exact) mass is 279 g/mol. The Bertz CT molecular complexity index is 658. The predicted octanol–water partition coefficient (Wildman–Crippen LogP) is 4.27. The Hall–Kier alpha value is -1.78. The van der Waals surface area contributed by atoms with Crippen molar-refractivity contribution in [3.63, 3.8) is 0 Å². The molecule has 3 aromatic rings. The van der Waals surface area contributed by atoms with Gasteiger partial charge >= 0.3 is 0 Å². The molecule has 0 unspecified atom stereocenters. The van der Waals surface area contributed by atoms with E-state index < -0.39 is 0 Å². The molecule has 0 atom stereocenters. The van der Waals surface area contributed by atoms with Crippen LogP contribution >= 0.6 is 23.2 Å². The van der Waals surface area contributed by atoms with Crippen LogP contribution in [0, 0.1) is 0 Å². The van der Waals surface area contributed by atoms with Crippen LogP contribution in [0.25, 0.3) is 11.0 Å². The van der Waals surface area contributed by atoms with E-state index in [-0.39, 0.29) is 10.3 Å². The molecule has 0 fully saturated rings. The van der Waals surface area contributed by atoms with Crippen molar-refractivity contribution in [2.75, 3.05) is 5.32 Å². The summed E-state index contributed by atoms with van der Waals surface area (Å²) >= 11 is 11.8. The van der Waals surface area contributed by atoms with Crippen molar-refractivity contribution in [3.05, 3.63) is 46.7 Å². The summed E-state index contributed by atoms with van der Waals surface area (Å²) in [5, 5.41) is 11.6. The second-order valence-electron chi connectivity index (χ2n) is 3.63. The summed E-state index contributed by atoms with van der Waals surface area (Å²) in [4.78, 5) is 0. The lowest BCUT2D eigenvalue weighted by Crippen LogP contribution is -1.85. The maximum absolute atomic E-state index is 5.93. The quantitative estimate of drug-likeness (QED) is 0.761. The van der Waals surface area contributed by atoms with Crippen LogP contribution in [0.2, 0.25) is 10.3 Å². The Morgan fingerprint density at radius 3 is 2.44 bits per heavy atom. The smallest absolute Gasteiger partial charge is 0.198 e. The van der Waals surface area contributed by atoms with Crippen LogP contribution in [-0.4, -0.2) is 10.2 Å². The fraction of sp³-hybridized carbons (Fsp3) is 0. The number of nitrogens with one attached hydrogen (secondary N) is 1. The van der Waals surface area contributed by atoms with Gasteiger partial charge in [0.1, 0.15) is 0 Å². The van der Waals surface area contributed by atoms with Gasteiger partial charge in [0.2, 0.25) is 0 Å². The molecular weight excluding hydrogens is 273 g/mol. The minimum atomic E-state index is 0.190. The summed E-state index contributed by atoms with van der Waals surface area (Å²) in [6.07, 6.45) is 0. The van der Waals surface area contributed by atoms with Crippen molar-refractivity contribution >= 4 is 45.7 Å². The number of furan rings is 1. The number of hydrogen-bond donors (Lipinski definition) is 1. The largest absolute Gasteiger partial charge is 0.437 e. The number of fused-ring (bicyclic) bond motifs is 1. The zero-order valence-corrected chi connectivity index (χ0v) is 10.5. The van der Waals surface area contributed by atoms with E-state index in [1.165, 1.54) is 0 Å². The van der Waals surface area contributed by atoms with Crippen molar-refractivity contribution in [2.45, 2.75) is 0 Å². The lowest BCUT2D eigenvalue weighted by molar-refractivity contribution is 0.631. The third-order valence-corrected chi connectivity index (χ3v) is 2.94. The van der Waals surface area contributed by atoms with Gasteiger partial charge in [0, 0.05) is 11.8 Å². The normalized spacial score (nSPS) is 10.8. The Morgan fingerprint density at radius 1 is 1.00 bits per heavy atom. The number of para-hydroxylation sites is 1. The summed E-state index contributed by atoms with van der Waals surface area (Å²) in [7, 11) is 0. The number of hydrogen-bond acceptors (Lipinski definition) is 4. The molecule has 2 aromatic heterocycles. The molecule has 0 aliphatic heterocycles. The van der Waals surface area contributed by atoms with Gasteiger partial charge in [-0.15, -0.1) is 10.2 Å². The summed E-state index contributed by atoms with van der Waals surface area (Å²) in [6.45, 7) is 0. The first kappa shape index (κ1) is 11.3. The SMILES string of the molecule is Clc1nnc(Cl)c2oc(Nc3ccccc3)cc12. The molecule has 0 bridgehead atoms. The summed E-state index contributed by atoms with van der Waals surface area (Å²) in [6, 6.07) is 11.4. The molecule has 0 spiro atoms. The van der Waals surface area contributed by atoms with Crippen LogP contribution < -0.4 is 5.32 Å². The molecule has 0 aliphatic carbocycles. The highest BCUT2D eigenvalue weighted by molar-refractivity contribution is 6.37. The predicted molar refractivity (Wildman–Crippen MR) is 71.5 cm³/mol. The number of rotatable bonds is 2. The van der Waals surface area contributed by atoms with E-state index in [4.69, 9.17) is 27.6 Å². The molecule has 3 rings (SSSR count). The molecule has 0 radical (unpaired) electrons. The average molecular weight is 280 g/mol. The Balaban J connectivity index is 2.04. The molecule has 0 amide bonds. The Kier molecular flexibility index (Phi) is 2.81. The Labute approximate surface area is 113 Å². The molecule has 0 saturated heterocycles. The summed E-state index contributed by atoms with van der Waals surface area (Å²) in [5.41, 5.74) is 1.33. The Morgan fingerprint density at radius 2 is 1.72 bits per heavy atom. The van der Waals surface area contributed by atoms with Gasteiger partial charge in [0.05, 0.1) is 5.39 Å². The van der Waals surface area contributed by atoms with Crippen molar-refractivity contribution in [1.82, 2.24) is 10.2 Å². The molecule has 0 aliphatic rings. The molecule has 0 saturated carbocycles. The van der Waals surface area contributed by atoms with E-state index in [9.17, 15) is 0 Å². The van der Waals surface area contributed by atoms with E-state index in [1.807, 2.05) is 30.3 Å². The molecule has 90 valence electrons. The number of anilines is 2.